The molecule has 0 amide bonds. The fourth-order valence-electron chi connectivity index (χ4n) is 1.16. The van der Waals surface area contributed by atoms with Gasteiger partial charge in [0.1, 0.15) is 0 Å². The standard InChI is InChI=1S/C10H24N2O/c1-9(13)8-12(5)7-6-11-10(2,3)4/h9,11,13H,6-8H2,1-5H3. The lowest BCUT2D eigenvalue weighted by molar-refractivity contribution is 0.140. The van der Waals surface area contributed by atoms with Gasteiger partial charge in [0, 0.05) is 25.2 Å². The van der Waals surface area contributed by atoms with Gasteiger partial charge in [-0.15, -0.1) is 0 Å². The number of nitrogens with one attached hydrogen (secondary N) is 1. The van der Waals surface area contributed by atoms with Crippen LogP contribution in [-0.4, -0.2) is 48.3 Å². The van der Waals surface area contributed by atoms with Crippen LogP contribution in [0, 0.1) is 0 Å². The van der Waals surface area contributed by atoms with Gasteiger partial charge < -0.3 is 15.3 Å². The van der Waals surface area contributed by atoms with Crippen molar-refractivity contribution in [2.24, 2.45) is 0 Å². The Morgan fingerprint density at radius 3 is 2.31 bits per heavy atom. The Labute approximate surface area is 82.1 Å². The van der Waals surface area contributed by atoms with Gasteiger partial charge in [0.2, 0.25) is 0 Å². The quantitative estimate of drug-likeness (QED) is 0.666. The highest BCUT2D eigenvalue weighted by Gasteiger charge is 2.08. The zero-order chi connectivity index (χ0) is 10.5. The first-order valence-electron chi connectivity index (χ1n) is 4.93. The van der Waals surface area contributed by atoms with Crippen LogP contribution in [0.1, 0.15) is 27.7 Å². The predicted molar refractivity (Wildman–Crippen MR) is 56.9 cm³/mol. The van der Waals surface area contributed by atoms with Crippen molar-refractivity contribution in [2.45, 2.75) is 39.3 Å². The number of hydrogen-bond donors (Lipinski definition) is 2. The number of aliphatic hydroxyl groups excluding tert-OH is 1. The fraction of sp³-hybridized carbons (Fsp3) is 1.00. The number of hydrogen-bond acceptors (Lipinski definition) is 3. The molecule has 0 spiro atoms. The Hall–Kier alpha value is -0.120. The second-order valence-electron chi connectivity index (χ2n) is 4.79. The summed E-state index contributed by atoms with van der Waals surface area (Å²) in [6, 6.07) is 0. The maximum absolute atomic E-state index is 9.12. The van der Waals surface area contributed by atoms with Crippen LogP contribution in [0.4, 0.5) is 0 Å². The summed E-state index contributed by atoms with van der Waals surface area (Å²) in [6.45, 7) is 11.0. The number of likely N-dealkylation sites (N-methyl/N-ethyl adjacent to an activating group) is 1. The SMILES string of the molecule is CC(O)CN(C)CCNC(C)(C)C. The summed E-state index contributed by atoms with van der Waals surface area (Å²) in [5.41, 5.74) is 0.186. The van der Waals surface area contributed by atoms with E-state index < -0.39 is 0 Å². The molecule has 2 N–H and O–H groups in total. The van der Waals surface area contributed by atoms with Crippen molar-refractivity contribution < 1.29 is 5.11 Å². The third-order valence-electron chi connectivity index (χ3n) is 1.72. The predicted octanol–water partition coefficient (Wildman–Crippen LogP) is 0.687. The molecule has 1 unspecified atom stereocenters. The maximum atomic E-state index is 9.12. The molecule has 0 aromatic heterocycles. The molecule has 13 heavy (non-hydrogen) atoms. The molecule has 0 heterocycles. The third-order valence-corrected chi connectivity index (χ3v) is 1.72. The minimum absolute atomic E-state index is 0.186. The summed E-state index contributed by atoms with van der Waals surface area (Å²) in [5.74, 6) is 0. The lowest BCUT2D eigenvalue weighted by atomic mass is 10.1. The van der Waals surface area contributed by atoms with Gasteiger partial charge >= 0.3 is 0 Å². The summed E-state index contributed by atoms with van der Waals surface area (Å²) >= 11 is 0. The van der Waals surface area contributed by atoms with Crippen LogP contribution >= 0.6 is 0 Å². The highest BCUT2D eigenvalue weighted by molar-refractivity contribution is 4.70. The Kier molecular flexibility index (Phi) is 5.53. The van der Waals surface area contributed by atoms with Crippen LogP contribution in [0.3, 0.4) is 0 Å². The average molecular weight is 188 g/mol. The van der Waals surface area contributed by atoms with Gasteiger partial charge in [0.25, 0.3) is 0 Å². The monoisotopic (exact) mass is 188 g/mol. The second-order valence-corrected chi connectivity index (χ2v) is 4.79. The first-order valence-corrected chi connectivity index (χ1v) is 4.93. The van der Waals surface area contributed by atoms with Gasteiger partial charge in [0.15, 0.2) is 0 Å². The Morgan fingerprint density at radius 2 is 1.92 bits per heavy atom. The zero-order valence-corrected chi connectivity index (χ0v) is 9.59. The summed E-state index contributed by atoms with van der Waals surface area (Å²) in [7, 11) is 2.02. The van der Waals surface area contributed by atoms with Crippen molar-refractivity contribution >= 4 is 0 Å². The van der Waals surface area contributed by atoms with Crippen LogP contribution < -0.4 is 5.32 Å². The van der Waals surface area contributed by atoms with Crippen LogP contribution in [0.25, 0.3) is 0 Å². The molecule has 3 heteroatoms. The van der Waals surface area contributed by atoms with E-state index >= 15 is 0 Å². The largest absolute Gasteiger partial charge is 0.392 e. The van der Waals surface area contributed by atoms with E-state index in [4.69, 9.17) is 5.11 Å². The molecule has 80 valence electrons. The molecule has 0 radical (unpaired) electrons. The first kappa shape index (κ1) is 12.9. The smallest absolute Gasteiger partial charge is 0.0638 e. The minimum Gasteiger partial charge on any atom is -0.392 e. The molecule has 1 atom stereocenters. The van der Waals surface area contributed by atoms with Crippen molar-refractivity contribution in [3.8, 4) is 0 Å². The van der Waals surface area contributed by atoms with Crippen molar-refractivity contribution in [2.75, 3.05) is 26.7 Å². The molecular formula is C10H24N2O. The van der Waals surface area contributed by atoms with Gasteiger partial charge in [-0.3, -0.25) is 0 Å². The van der Waals surface area contributed by atoms with E-state index in [1.165, 1.54) is 0 Å². The molecule has 0 aliphatic rings. The van der Waals surface area contributed by atoms with Gasteiger partial charge in [-0.2, -0.15) is 0 Å². The number of aliphatic hydroxyl groups is 1. The van der Waals surface area contributed by atoms with E-state index in [1.807, 2.05) is 14.0 Å². The third kappa shape index (κ3) is 9.80. The summed E-state index contributed by atoms with van der Waals surface area (Å²) in [6.07, 6.45) is -0.236. The van der Waals surface area contributed by atoms with E-state index in [9.17, 15) is 0 Å². The van der Waals surface area contributed by atoms with E-state index in [-0.39, 0.29) is 11.6 Å². The minimum atomic E-state index is -0.236. The summed E-state index contributed by atoms with van der Waals surface area (Å²) in [5, 5.41) is 12.5. The van der Waals surface area contributed by atoms with Crippen molar-refractivity contribution in [3.05, 3.63) is 0 Å². The topological polar surface area (TPSA) is 35.5 Å². The van der Waals surface area contributed by atoms with Crippen molar-refractivity contribution in [1.29, 1.82) is 0 Å². The second kappa shape index (κ2) is 5.58. The lowest BCUT2D eigenvalue weighted by Crippen LogP contribution is -2.41. The molecular weight excluding hydrogens is 164 g/mol. The van der Waals surface area contributed by atoms with E-state index in [0.29, 0.717) is 0 Å². The van der Waals surface area contributed by atoms with Gasteiger partial charge in [0.05, 0.1) is 6.10 Å². The van der Waals surface area contributed by atoms with Crippen molar-refractivity contribution in [3.63, 3.8) is 0 Å². The van der Waals surface area contributed by atoms with E-state index in [0.717, 1.165) is 19.6 Å². The Morgan fingerprint density at radius 1 is 1.38 bits per heavy atom. The van der Waals surface area contributed by atoms with Crippen molar-refractivity contribution in [1.82, 2.24) is 10.2 Å². The molecule has 0 aromatic carbocycles. The van der Waals surface area contributed by atoms with Crippen LogP contribution in [-0.2, 0) is 0 Å². The lowest BCUT2D eigenvalue weighted by Gasteiger charge is -2.24. The average Bonchev–Trinajstić information content (AvgIpc) is 1.81. The fourth-order valence-corrected chi connectivity index (χ4v) is 1.16. The molecule has 0 saturated heterocycles. The van der Waals surface area contributed by atoms with Gasteiger partial charge in [-0.1, -0.05) is 0 Å². The highest BCUT2D eigenvalue weighted by Crippen LogP contribution is 1.97. The van der Waals surface area contributed by atoms with E-state index in [1.54, 1.807) is 0 Å². The normalized spacial score (nSPS) is 15.0. The molecule has 0 aliphatic carbocycles. The van der Waals surface area contributed by atoms with Crippen LogP contribution in [0.2, 0.25) is 0 Å². The van der Waals surface area contributed by atoms with Crippen LogP contribution in [0.5, 0.6) is 0 Å². The molecule has 0 rings (SSSR count). The molecule has 0 aliphatic heterocycles. The maximum Gasteiger partial charge on any atom is 0.0638 e. The summed E-state index contributed by atoms with van der Waals surface area (Å²) < 4.78 is 0. The molecule has 0 saturated carbocycles. The number of nitrogens with zero attached hydrogens (tertiary/aromatic N) is 1. The first-order chi connectivity index (χ1) is 5.81. The van der Waals surface area contributed by atoms with Gasteiger partial charge in [-0.25, -0.2) is 0 Å². The molecule has 0 bridgehead atoms. The highest BCUT2D eigenvalue weighted by atomic mass is 16.3. The number of rotatable bonds is 5. The van der Waals surface area contributed by atoms with Gasteiger partial charge in [-0.05, 0) is 34.7 Å². The molecule has 0 aromatic rings. The molecule has 3 nitrogen and oxygen atoms in total. The summed E-state index contributed by atoms with van der Waals surface area (Å²) in [4.78, 5) is 2.13. The molecule has 0 fully saturated rings. The van der Waals surface area contributed by atoms with E-state index in [2.05, 4.69) is 31.0 Å². The Balaban J connectivity index is 3.42. The Bertz CT molecular complexity index is 129. The van der Waals surface area contributed by atoms with Crippen LogP contribution in [0.15, 0.2) is 0 Å². The zero-order valence-electron chi connectivity index (χ0n) is 9.59.